The monoisotopic (exact) mass is 524 g/mol. The van der Waals surface area contributed by atoms with Crippen LogP contribution >= 0.6 is 11.8 Å². The van der Waals surface area contributed by atoms with E-state index in [1.165, 1.54) is 44.9 Å². The Morgan fingerprint density at radius 3 is 2.42 bits per heavy atom. The summed E-state index contributed by atoms with van der Waals surface area (Å²) in [6.45, 7) is 17.0. The molecular weight excluding hydrogens is 477 g/mol. The molecular formula is C32H48O2SSi. The minimum absolute atomic E-state index is 0.266. The van der Waals surface area contributed by atoms with Crippen molar-refractivity contribution in [1.82, 2.24) is 0 Å². The van der Waals surface area contributed by atoms with Gasteiger partial charge in [0.2, 0.25) is 5.12 Å². The third kappa shape index (κ3) is 4.51. The number of hydrogen-bond acceptors (Lipinski definition) is 3. The molecule has 0 N–H and O–H groups in total. The molecule has 0 heterocycles. The molecule has 4 heteroatoms. The van der Waals surface area contributed by atoms with Gasteiger partial charge in [-0.15, -0.1) is 0 Å². The summed E-state index contributed by atoms with van der Waals surface area (Å²) < 4.78 is 6.91. The zero-order chi connectivity index (χ0) is 25.9. The van der Waals surface area contributed by atoms with Crippen molar-refractivity contribution >= 4 is 25.2 Å². The SMILES string of the molecule is CC(C)(C)[Si](C)(C)O[C@H]1CC[C@@]2(C)C(=CC[C@H]3[C@@H]4CC[C@H](SC(=O)c5ccccc5)[C@@]4(C)CC[C@@H]32)C1. The fourth-order valence-electron chi connectivity index (χ4n) is 8.24. The molecule has 0 unspecified atom stereocenters. The van der Waals surface area contributed by atoms with Gasteiger partial charge in [-0.2, -0.15) is 0 Å². The molecule has 1 aromatic rings. The molecule has 198 valence electrons. The number of thioether (sulfide) groups is 1. The van der Waals surface area contributed by atoms with Crippen molar-refractivity contribution in [2.45, 2.75) is 115 Å². The quantitative estimate of drug-likeness (QED) is 0.290. The van der Waals surface area contributed by atoms with Crippen LogP contribution in [0.4, 0.5) is 0 Å². The van der Waals surface area contributed by atoms with Crippen molar-refractivity contribution in [3.63, 3.8) is 0 Å². The van der Waals surface area contributed by atoms with Crippen LogP contribution < -0.4 is 0 Å². The number of rotatable bonds is 4. The summed E-state index contributed by atoms with van der Waals surface area (Å²) in [4.78, 5) is 13.1. The van der Waals surface area contributed by atoms with Crippen molar-refractivity contribution in [2.75, 3.05) is 0 Å². The van der Waals surface area contributed by atoms with Gasteiger partial charge < -0.3 is 4.43 Å². The lowest BCUT2D eigenvalue weighted by molar-refractivity contribution is -0.0334. The van der Waals surface area contributed by atoms with Crippen molar-refractivity contribution in [2.24, 2.45) is 28.6 Å². The zero-order valence-corrected chi connectivity index (χ0v) is 25.5. The van der Waals surface area contributed by atoms with Crippen LogP contribution in [0.5, 0.6) is 0 Å². The fraction of sp³-hybridized carbons (Fsp3) is 0.719. The second-order valence-electron chi connectivity index (χ2n) is 14.4. The molecule has 1 aromatic carbocycles. The standard InChI is InChI=1S/C32H48O2SSi/c1-30(2,3)36(6,7)34-24-17-19-31(4)23(21-24)13-14-25-26-15-16-28(32(26,5)20-18-27(25)31)35-29(33)22-11-9-8-10-12-22/h8-13,24-28H,14-21H2,1-7H3/t24-,25-,26-,27-,28-,31-,32-/m0/s1. The predicted octanol–water partition coefficient (Wildman–Crippen LogP) is 9.28. The predicted molar refractivity (Wildman–Crippen MR) is 156 cm³/mol. The van der Waals surface area contributed by atoms with Crippen molar-refractivity contribution in [1.29, 1.82) is 0 Å². The molecule has 0 amide bonds. The number of fused-ring (bicyclic) bond motifs is 5. The van der Waals surface area contributed by atoms with Crippen LogP contribution in [-0.4, -0.2) is 24.8 Å². The third-order valence-electron chi connectivity index (χ3n) is 11.5. The van der Waals surface area contributed by atoms with Crippen molar-refractivity contribution in [3.8, 4) is 0 Å². The summed E-state index contributed by atoms with van der Waals surface area (Å²) in [6, 6.07) is 9.91. The van der Waals surface area contributed by atoms with Gasteiger partial charge in [0.25, 0.3) is 0 Å². The first-order valence-corrected chi connectivity index (χ1v) is 18.3. The maximum atomic E-state index is 13.1. The average molecular weight is 525 g/mol. The smallest absolute Gasteiger partial charge is 0.219 e. The average Bonchev–Trinajstić information content (AvgIpc) is 3.15. The molecule has 36 heavy (non-hydrogen) atoms. The molecule has 4 aliphatic carbocycles. The topological polar surface area (TPSA) is 26.3 Å². The fourth-order valence-corrected chi connectivity index (χ4v) is 11.0. The Kier molecular flexibility index (Phi) is 7.00. The lowest BCUT2D eigenvalue weighted by atomic mass is 9.48. The van der Waals surface area contributed by atoms with E-state index in [0.717, 1.165) is 29.7 Å². The van der Waals surface area contributed by atoms with Crippen LogP contribution in [0.1, 0.15) is 96.3 Å². The Labute approximate surface area is 225 Å². The second-order valence-corrected chi connectivity index (χ2v) is 20.3. The highest BCUT2D eigenvalue weighted by Crippen LogP contribution is 2.66. The van der Waals surface area contributed by atoms with Crippen LogP contribution in [0.15, 0.2) is 42.0 Å². The summed E-state index contributed by atoms with van der Waals surface area (Å²) >= 11 is 1.65. The number of hydrogen-bond donors (Lipinski definition) is 0. The van der Waals surface area contributed by atoms with E-state index in [2.05, 4.69) is 53.8 Å². The van der Waals surface area contributed by atoms with Gasteiger partial charge in [0, 0.05) is 16.9 Å². The molecule has 3 saturated carbocycles. The summed E-state index contributed by atoms with van der Waals surface area (Å²) in [5, 5.41) is 0.998. The lowest BCUT2D eigenvalue weighted by Gasteiger charge is -2.58. The first-order valence-electron chi connectivity index (χ1n) is 14.5. The van der Waals surface area contributed by atoms with E-state index in [0.29, 0.717) is 22.2 Å². The van der Waals surface area contributed by atoms with Crippen molar-refractivity contribution in [3.05, 3.63) is 47.5 Å². The van der Waals surface area contributed by atoms with E-state index in [1.807, 2.05) is 30.3 Å². The number of carbonyl (C=O) groups excluding carboxylic acids is 1. The summed E-state index contributed by atoms with van der Waals surface area (Å²) in [5.41, 5.74) is 3.21. The third-order valence-corrected chi connectivity index (χ3v) is 17.5. The van der Waals surface area contributed by atoms with Crippen LogP contribution in [0.25, 0.3) is 0 Å². The molecule has 0 saturated heterocycles. The minimum Gasteiger partial charge on any atom is -0.414 e. The van der Waals surface area contributed by atoms with E-state index in [-0.39, 0.29) is 10.2 Å². The Hall–Kier alpha value is -0.843. The van der Waals surface area contributed by atoms with Gasteiger partial charge >= 0.3 is 0 Å². The molecule has 2 nitrogen and oxygen atoms in total. The van der Waals surface area contributed by atoms with Gasteiger partial charge in [0.15, 0.2) is 8.32 Å². The zero-order valence-electron chi connectivity index (χ0n) is 23.7. The lowest BCUT2D eigenvalue weighted by Crippen LogP contribution is -2.52. The molecule has 0 spiro atoms. The van der Waals surface area contributed by atoms with Gasteiger partial charge in [0.1, 0.15) is 0 Å². The Morgan fingerprint density at radius 1 is 1.00 bits per heavy atom. The van der Waals surface area contributed by atoms with Gasteiger partial charge in [0.05, 0.1) is 0 Å². The van der Waals surface area contributed by atoms with Crippen LogP contribution in [-0.2, 0) is 4.43 Å². The highest BCUT2D eigenvalue weighted by Gasteiger charge is 2.59. The van der Waals surface area contributed by atoms with E-state index in [4.69, 9.17) is 4.43 Å². The Bertz CT molecular complexity index is 1010. The summed E-state index contributed by atoms with van der Waals surface area (Å²) in [5.74, 6) is 2.35. The van der Waals surface area contributed by atoms with Crippen LogP contribution in [0, 0.1) is 28.6 Å². The second kappa shape index (κ2) is 9.41. The van der Waals surface area contributed by atoms with E-state index in [9.17, 15) is 4.79 Å². The number of benzene rings is 1. The highest BCUT2D eigenvalue weighted by atomic mass is 32.2. The summed E-state index contributed by atoms with van der Waals surface area (Å²) in [7, 11) is -1.74. The molecule has 3 fully saturated rings. The Balaban J connectivity index is 1.30. The highest BCUT2D eigenvalue weighted by molar-refractivity contribution is 8.14. The van der Waals surface area contributed by atoms with Gasteiger partial charge in [-0.1, -0.05) is 88.4 Å². The first kappa shape index (κ1) is 26.8. The number of allylic oxidation sites excluding steroid dienone is 1. The molecule has 7 atom stereocenters. The molecule has 5 rings (SSSR count). The van der Waals surface area contributed by atoms with Gasteiger partial charge in [-0.25, -0.2) is 0 Å². The van der Waals surface area contributed by atoms with E-state index in [1.54, 1.807) is 17.3 Å². The van der Waals surface area contributed by atoms with Crippen molar-refractivity contribution < 1.29 is 9.22 Å². The molecule has 0 bridgehead atoms. The molecule has 0 aliphatic heterocycles. The summed E-state index contributed by atoms with van der Waals surface area (Å²) in [6.07, 6.45) is 13.1. The van der Waals surface area contributed by atoms with Gasteiger partial charge in [-0.05, 0) is 98.1 Å². The normalized spacial score (nSPS) is 38.5. The Morgan fingerprint density at radius 2 is 1.72 bits per heavy atom. The number of carbonyl (C=O) groups is 1. The molecule has 0 aromatic heterocycles. The maximum absolute atomic E-state index is 13.1. The molecule has 4 aliphatic rings. The van der Waals surface area contributed by atoms with Crippen LogP contribution in [0.2, 0.25) is 18.1 Å². The largest absolute Gasteiger partial charge is 0.414 e. The molecule has 0 radical (unpaired) electrons. The van der Waals surface area contributed by atoms with Crippen LogP contribution in [0.3, 0.4) is 0 Å². The van der Waals surface area contributed by atoms with Gasteiger partial charge in [-0.3, -0.25) is 4.79 Å². The van der Waals surface area contributed by atoms with E-state index >= 15 is 0 Å². The minimum atomic E-state index is -1.74. The first-order chi connectivity index (χ1) is 16.8. The maximum Gasteiger partial charge on any atom is 0.219 e. The van der Waals surface area contributed by atoms with E-state index < -0.39 is 8.32 Å².